The molecule has 1 rings (SSSR count). The molecule has 0 aliphatic carbocycles. The molecule has 0 aliphatic heterocycles. The van der Waals surface area contributed by atoms with Crippen LogP contribution in [0.3, 0.4) is 0 Å². The zero-order chi connectivity index (χ0) is 13.8. The van der Waals surface area contributed by atoms with Crippen LogP contribution in [0, 0.1) is 0 Å². The number of aliphatic hydroxyl groups excluding tert-OH is 1. The number of nitrogens with zero attached hydrogens (tertiary/aromatic N) is 1. The average molecular weight is 255 g/mol. The van der Waals surface area contributed by atoms with Gasteiger partial charge in [0, 0.05) is 0 Å². The van der Waals surface area contributed by atoms with Gasteiger partial charge < -0.3 is 20.1 Å². The number of amides is 1. The van der Waals surface area contributed by atoms with Crippen LogP contribution in [-0.2, 0) is 11.3 Å². The molecule has 0 radical (unpaired) electrons. The molecule has 0 aromatic carbocycles. The molecule has 1 atom stereocenters. The number of aromatic nitrogens is 2. The summed E-state index contributed by atoms with van der Waals surface area (Å²) in [6, 6.07) is -0.250. The van der Waals surface area contributed by atoms with Crippen molar-refractivity contribution in [2.75, 3.05) is 0 Å². The first kappa shape index (κ1) is 14.5. The molecule has 0 saturated carbocycles. The topological polar surface area (TPSA) is 87.2 Å². The van der Waals surface area contributed by atoms with E-state index in [1.165, 1.54) is 0 Å². The summed E-state index contributed by atoms with van der Waals surface area (Å²) in [5, 5.41) is 11.7. The Morgan fingerprint density at radius 3 is 2.72 bits per heavy atom. The minimum atomic E-state index is -0.526. The van der Waals surface area contributed by atoms with E-state index in [4.69, 9.17) is 9.84 Å². The fourth-order valence-corrected chi connectivity index (χ4v) is 1.45. The highest BCUT2D eigenvalue weighted by molar-refractivity contribution is 5.68. The standard InChI is InChI=1S/C12H21N3O3/c1-5-9(10-13-6-8(7-16)14-10)15-11(17)18-12(2,3)4/h6,9,16H,5,7H2,1-4H3,(H,13,14)(H,15,17). The number of nitrogens with one attached hydrogen (secondary N) is 2. The third kappa shape index (κ3) is 4.37. The fraction of sp³-hybridized carbons (Fsp3) is 0.667. The van der Waals surface area contributed by atoms with Gasteiger partial charge in [-0.15, -0.1) is 0 Å². The van der Waals surface area contributed by atoms with E-state index in [1.54, 1.807) is 6.20 Å². The van der Waals surface area contributed by atoms with Crippen molar-refractivity contribution < 1.29 is 14.6 Å². The molecule has 1 amide bonds. The first-order chi connectivity index (χ1) is 8.35. The van der Waals surface area contributed by atoms with Gasteiger partial charge >= 0.3 is 6.09 Å². The normalized spacial score (nSPS) is 13.2. The Hall–Kier alpha value is -1.56. The second-order valence-corrected chi connectivity index (χ2v) is 5.06. The summed E-state index contributed by atoms with van der Waals surface area (Å²) in [6.07, 6.45) is 1.75. The van der Waals surface area contributed by atoms with Gasteiger partial charge in [0.2, 0.25) is 0 Å². The highest BCUT2D eigenvalue weighted by Crippen LogP contribution is 2.15. The van der Waals surface area contributed by atoms with Gasteiger partial charge in [0.05, 0.1) is 24.5 Å². The summed E-state index contributed by atoms with van der Waals surface area (Å²) in [4.78, 5) is 18.7. The lowest BCUT2D eigenvalue weighted by molar-refractivity contribution is 0.0500. The Morgan fingerprint density at radius 1 is 1.61 bits per heavy atom. The number of ether oxygens (including phenoxy) is 1. The molecule has 1 aromatic rings. The number of aliphatic hydroxyl groups is 1. The smallest absolute Gasteiger partial charge is 0.408 e. The Kier molecular flexibility index (Phi) is 4.72. The lowest BCUT2D eigenvalue weighted by atomic mass is 10.2. The van der Waals surface area contributed by atoms with Crippen molar-refractivity contribution in [3.8, 4) is 0 Å². The highest BCUT2D eigenvalue weighted by atomic mass is 16.6. The summed E-state index contributed by atoms with van der Waals surface area (Å²) in [5.41, 5.74) is 0.0939. The van der Waals surface area contributed by atoms with Crippen LogP contribution in [0.2, 0.25) is 0 Å². The number of rotatable bonds is 4. The van der Waals surface area contributed by atoms with E-state index in [0.29, 0.717) is 17.9 Å². The van der Waals surface area contributed by atoms with Crippen LogP contribution in [0.1, 0.15) is 51.7 Å². The Balaban J connectivity index is 2.64. The summed E-state index contributed by atoms with van der Waals surface area (Å²) >= 11 is 0. The predicted molar refractivity (Wildman–Crippen MR) is 66.9 cm³/mol. The molecule has 0 fully saturated rings. The van der Waals surface area contributed by atoms with Gasteiger partial charge in [0.1, 0.15) is 11.4 Å². The third-order valence-electron chi connectivity index (χ3n) is 2.25. The van der Waals surface area contributed by atoms with E-state index in [-0.39, 0.29) is 12.6 Å². The SMILES string of the molecule is CCC(NC(=O)OC(C)(C)C)c1ncc(CO)[nH]1. The first-order valence-corrected chi connectivity index (χ1v) is 6.00. The maximum atomic E-state index is 11.7. The summed E-state index contributed by atoms with van der Waals surface area (Å²) in [6.45, 7) is 7.26. The zero-order valence-electron chi connectivity index (χ0n) is 11.3. The van der Waals surface area contributed by atoms with Crippen molar-refractivity contribution in [1.82, 2.24) is 15.3 Å². The molecule has 0 spiro atoms. The van der Waals surface area contributed by atoms with Crippen LogP contribution in [-0.4, -0.2) is 26.8 Å². The van der Waals surface area contributed by atoms with Crippen LogP contribution < -0.4 is 5.32 Å². The number of aromatic amines is 1. The summed E-state index contributed by atoms with van der Waals surface area (Å²) in [5.74, 6) is 0.618. The molecular weight excluding hydrogens is 234 g/mol. The molecule has 1 unspecified atom stereocenters. The number of hydrogen-bond acceptors (Lipinski definition) is 4. The molecule has 18 heavy (non-hydrogen) atoms. The van der Waals surface area contributed by atoms with E-state index in [1.807, 2.05) is 27.7 Å². The predicted octanol–water partition coefficient (Wildman–Crippen LogP) is 1.88. The molecule has 6 nitrogen and oxygen atoms in total. The van der Waals surface area contributed by atoms with Crippen LogP contribution in [0.25, 0.3) is 0 Å². The van der Waals surface area contributed by atoms with Crippen LogP contribution >= 0.6 is 0 Å². The number of carbonyl (C=O) groups excluding carboxylic acids is 1. The maximum Gasteiger partial charge on any atom is 0.408 e. The van der Waals surface area contributed by atoms with Crippen LogP contribution in [0.5, 0.6) is 0 Å². The quantitative estimate of drug-likeness (QED) is 0.766. The maximum absolute atomic E-state index is 11.7. The second kappa shape index (κ2) is 5.86. The van der Waals surface area contributed by atoms with E-state index in [2.05, 4.69) is 15.3 Å². The Bertz CT molecular complexity index is 396. The van der Waals surface area contributed by atoms with Gasteiger partial charge in [-0.05, 0) is 27.2 Å². The zero-order valence-corrected chi connectivity index (χ0v) is 11.3. The minimum absolute atomic E-state index is 0.101. The van der Waals surface area contributed by atoms with Crippen LogP contribution in [0.15, 0.2) is 6.20 Å². The van der Waals surface area contributed by atoms with Crippen molar-refractivity contribution in [3.05, 3.63) is 17.7 Å². The Labute approximate surface area is 107 Å². The fourth-order valence-electron chi connectivity index (χ4n) is 1.45. The monoisotopic (exact) mass is 255 g/mol. The molecule has 3 N–H and O–H groups in total. The largest absolute Gasteiger partial charge is 0.444 e. The van der Waals surface area contributed by atoms with Crippen molar-refractivity contribution in [2.24, 2.45) is 0 Å². The number of H-pyrrole nitrogens is 1. The van der Waals surface area contributed by atoms with E-state index in [9.17, 15) is 4.79 Å². The summed E-state index contributed by atoms with van der Waals surface area (Å²) in [7, 11) is 0. The number of hydrogen-bond donors (Lipinski definition) is 3. The molecule has 1 heterocycles. The molecule has 6 heteroatoms. The van der Waals surface area contributed by atoms with E-state index in [0.717, 1.165) is 0 Å². The highest BCUT2D eigenvalue weighted by Gasteiger charge is 2.21. The van der Waals surface area contributed by atoms with Crippen molar-refractivity contribution in [1.29, 1.82) is 0 Å². The lowest BCUT2D eigenvalue weighted by Gasteiger charge is -2.22. The van der Waals surface area contributed by atoms with Gasteiger partial charge in [-0.25, -0.2) is 9.78 Å². The lowest BCUT2D eigenvalue weighted by Crippen LogP contribution is -2.35. The molecule has 0 saturated heterocycles. The minimum Gasteiger partial charge on any atom is -0.444 e. The first-order valence-electron chi connectivity index (χ1n) is 6.00. The third-order valence-corrected chi connectivity index (χ3v) is 2.25. The molecular formula is C12H21N3O3. The van der Waals surface area contributed by atoms with Gasteiger partial charge in [0.25, 0.3) is 0 Å². The molecule has 1 aromatic heterocycles. The number of alkyl carbamates (subject to hydrolysis) is 1. The van der Waals surface area contributed by atoms with Gasteiger partial charge in [-0.3, -0.25) is 0 Å². The molecule has 102 valence electrons. The molecule has 0 bridgehead atoms. The summed E-state index contributed by atoms with van der Waals surface area (Å²) < 4.78 is 5.18. The number of imidazole rings is 1. The van der Waals surface area contributed by atoms with E-state index < -0.39 is 11.7 Å². The van der Waals surface area contributed by atoms with Gasteiger partial charge in [0.15, 0.2) is 0 Å². The van der Waals surface area contributed by atoms with Gasteiger partial charge in [-0.2, -0.15) is 0 Å². The van der Waals surface area contributed by atoms with Crippen LogP contribution in [0.4, 0.5) is 4.79 Å². The average Bonchev–Trinajstić information content (AvgIpc) is 2.71. The molecule has 0 aliphatic rings. The van der Waals surface area contributed by atoms with E-state index >= 15 is 0 Å². The second-order valence-electron chi connectivity index (χ2n) is 5.06. The van der Waals surface area contributed by atoms with Crippen molar-refractivity contribution in [3.63, 3.8) is 0 Å². The van der Waals surface area contributed by atoms with Gasteiger partial charge in [-0.1, -0.05) is 6.92 Å². The Morgan fingerprint density at radius 2 is 2.28 bits per heavy atom. The van der Waals surface area contributed by atoms with Crippen molar-refractivity contribution in [2.45, 2.75) is 52.4 Å². The number of carbonyl (C=O) groups is 1. The van der Waals surface area contributed by atoms with Crippen molar-refractivity contribution >= 4 is 6.09 Å².